The van der Waals surface area contributed by atoms with E-state index in [2.05, 4.69) is 0 Å². The summed E-state index contributed by atoms with van der Waals surface area (Å²) in [4.78, 5) is 12.0. The van der Waals surface area contributed by atoms with E-state index in [1.54, 1.807) is 5.38 Å². The summed E-state index contributed by atoms with van der Waals surface area (Å²) >= 11 is 1.12. The summed E-state index contributed by atoms with van der Waals surface area (Å²) in [5.41, 5.74) is 4.34. The minimum Gasteiger partial charge on any atom is -0.390 e. The number of carbonyl (C=O) groups excluding carboxylic acids is 1. The molecular weight excluding hydrogens is 263 g/mol. The molecule has 2 rings (SSSR count). The second kappa shape index (κ2) is 4.45. The predicted octanol–water partition coefficient (Wildman–Crippen LogP) is 3.58. The highest BCUT2D eigenvalue weighted by Gasteiger charge is 2.35. The van der Waals surface area contributed by atoms with E-state index in [-0.39, 0.29) is 16.1 Å². The maximum atomic E-state index is 12.8. The number of nitrogens with two attached hydrogens (primary N) is 1. The standard InChI is InChI=1S/C12H8F3NOS/c13-12(14,15)9-4-2-1-3-7(9)10(17)8-5-6-18-11(8)16/h1-6H,16H2. The zero-order valence-corrected chi connectivity index (χ0v) is 9.81. The van der Waals surface area contributed by atoms with Crippen molar-refractivity contribution in [2.75, 3.05) is 5.73 Å². The molecule has 0 aliphatic rings. The number of nitrogen functional groups attached to an aromatic ring is 1. The Morgan fingerprint density at radius 3 is 2.33 bits per heavy atom. The fourth-order valence-electron chi connectivity index (χ4n) is 1.58. The maximum absolute atomic E-state index is 12.8. The van der Waals surface area contributed by atoms with Gasteiger partial charge in [-0.15, -0.1) is 11.3 Å². The third kappa shape index (κ3) is 2.24. The van der Waals surface area contributed by atoms with Gasteiger partial charge in [0.2, 0.25) is 0 Å². The minimum absolute atomic E-state index is 0.108. The van der Waals surface area contributed by atoms with Crippen molar-refractivity contribution < 1.29 is 18.0 Å². The molecule has 18 heavy (non-hydrogen) atoms. The van der Waals surface area contributed by atoms with E-state index in [1.807, 2.05) is 0 Å². The molecular formula is C12H8F3NOS. The van der Waals surface area contributed by atoms with Crippen LogP contribution in [0.1, 0.15) is 21.5 Å². The zero-order valence-electron chi connectivity index (χ0n) is 8.99. The van der Waals surface area contributed by atoms with E-state index >= 15 is 0 Å². The number of benzene rings is 1. The van der Waals surface area contributed by atoms with Crippen molar-refractivity contribution in [2.45, 2.75) is 6.18 Å². The minimum atomic E-state index is -4.56. The molecule has 2 aromatic rings. The lowest BCUT2D eigenvalue weighted by Gasteiger charge is -2.11. The monoisotopic (exact) mass is 271 g/mol. The summed E-state index contributed by atoms with van der Waals surface area (Å²) < 4.78 is 38.3. The van der Waals surface area contributed by atoms with Gasteiger partial charge in [0.05, 0.1) is 16.1 Å². The smallest absolute Gasteiger partial charge is 0.390 e. The highest BCUT2D eigenvalue weighted by molar-refractivity contribution is 7.14. The molecule has 0 spiro atoms. The molecule has 1 heterocycles. The Balaban J connectivity index is 2.53. The first kappa shape index (κ1) is 12.6. The first-order chi connectivity index (χ1) is 8.41. The van der Waals surface area contributed by atoms with Gasteiger partial charge in [0, 0.05) is 5.56 Å². The number of alkyl halides is 3. The van der Waals surface area contributed by atoms with Gasteiger partial charge in [-0.25, -0.2) is 0 Å². The zero-order chi connectivity index (χ0) is 13.3. The van der Waals surface area contributed by atoms with E-state index in [0.29, 0.717) is 0 Å². The molecule has 0 fully saturated rings. The van der Waals surface area contributed by atoms with Crippen molar-refractivity contribution >= 4 is 22.1 Å². The van der Waals surface area contributed by atoms with Gasteiger partial charge in [0.15, 0.2) is 5.78 Å². The first-order valence-electron chi connectivity index (χ1n) is 4.95. The Hall–Kier alpha value is -1.82. The van der Waals surface area contributed by atoms with Gasteiger partial charge < -0.3 is 5.73 Å². The number of hydrogen-bond acceptors (Lipinski definition) is 3. The van der Waals surface area contributed by atoms with Gasteiger partial charge in [-0.2, -0.15) is 13.2 Å². The summed E-state index contributed by atoms with van der Waals surface area (Å²) in [6.45, 7) is 0. The van der Waals surface area contributed by atoms with Gasteiger partial charge in [-0.05, 0) is 17.5 Å². The summed E-state index contributed by atoms with van der Waals surface area (Å²) in [7, 11) is 0. The average Bonchev–Trinajstić information content (AvgIpc) is 2.73. The number of halogens is 3. The summed E-state index contributed by atoms with van der Waals surface area (Å²) in [6.07, 6.45) is -4.56. The molecule has 1 aromatic carbocycles. The van der Waals surface area contributed by atoms with Crippen LogP contribution < -0.4 is 5.73 Å². The van der Waals surface area contributed by atoms with Crippen LogP contribution in [0.3, 0.4) is 0 Å². The molecule has 2 N–H and O–H groups in total. The third-order valence-electron chi connectivity index (χ3n) is 2.42. The number of thiophene rings is 1. The van der Waals surface area contributed by atoms with Crippen LogP contribution in [0.2, 0.25) is 0 Å². The molecule has 0 aliphatic heterocycles. The molecule has 0 saturated heterocycles. The van der Waals surface area contributed by atoms with Gasteiger partial charge in [-0.1, -0.05) is 18.2 Å². The fourth-order valence-corrected chi connectivity index (χ4v) is 2.22. The molecule has 0 bridgehead atoms. The van der Waals surface area contributed by atoms with Crippen molar-refractivity contribution in [2.24, 2.45) is 0 Å². The largest absolute Gasteiger partial charge is 0.417 e. The molecule has 2 nitrogen and oxygen atoms in total. The molecule has 0 atom stereocenters. The highest BCUT2D eigenvalue weighted by Crippen LogP contribution is 2.34. The van der Waals surface area contributed by atoms with Gasteiger partial charge in [0.25, 0.3) is 0 Å². The van der Waals surface area contributed by atoms with Gasteiger partial charge >= 0.3 is 6.18 Å². The Labute approximate surface area is 105 Å². The molecule has 0 radical (unpaired) electrons. The molecule has 0 aliphatic carbocycles. The number of rotatable bonds is 2. The quantitative estimate of drug-likeness (QED) is 0.848. The van der Waals surface area contributed by atoms with Crippen LogP contribution >= 0.6 is 11.3 Å². The summed E-state index contributed by atoms with van der Waals surface area (Å²) in [6, 6.07) is 6.11. The molecule has 0 saturated carbocycles. The van der Waals surface area contributed by atoms with Crippen LogP contribution in [0, 0.1) is 0 Å². The third-order valence-corrected chi connectivity index (χ3v) is 3.16. The van der Waals surface area contributed by atoms with Crippen LogP contribution in [0.15, 0.2) is 35.7 Å². The number of hydrogen-bond donors (Lipinski definition) is 1. The van der Waals surface area contributed by atoms with Crippen molar-refractivity contribution in [3.63, 3.8) is 0 Å². The van der Waals surface area contributed by atoms with E-state index < -0.39 is 17.5 Å². The van der Waals surface area contributed by atoms with Crippen molar-refractivity contribution in [1.29, 1.82) is 0 Å². The SMILES string of the molecule is Nc1sccc1C(=O)c1ccccc1C(F)(F)F. The van der Waals surface area contributed by atoms with Gasteiger partial charge in [0.1, 0.15) is 0 Å². The summed E-state index contributed by atoms with van der Waals surface area (Å²) in [5, 5.41) is 1.79. The number of ketones is 1. The van der Waals surface area contributed by atoms with Crippen LogP contribution in [0.5, 0.6) is 0 Å². The van der Waals surface area contributed by atoms with E-state index in [9.17, 15) is 18.0 Å². The van der Waals surface area contributed by atoms with Crippen LogP contribution in [-0.2, 0) is 6.18 Å². The van der Waals surface area contributed by atoms with Crippen molar-refractivity contribution in [1.82, 2.24) is 0 Å². The Kier molecular flexibility index (Phi) is 3.13. The molecule has 0 amide bonds. The van der Waals surface area contributed by atoms with Gasteiger partial charge in [-0.3, -0.25) is 4.79 Å². The Morgan fingerprint density at radius 2 is 1.78 bits per heavy atom. The molecule has 6 heteroatoms. The number of carbonyl (C=O) groups is 1. The van der Waals surface area contributed by atoms with Crippen LogP contribution in [0.25, 0.3) is 0 Å². The lowest BCUT2D eigenvalue weighted by atomic mass is 9.99. The average molecular weight is 271 g/mol. The molecule has 1 aromatic heterocycles. The normalized spacial score (nSPS) is 11.5. The van der Waals surface area contributed by atoms with Crippen LogP contribution in [0.4, 0.5) is 18.2 Å². The summed E-state index contributed by atoms with van der Waals surface area (Å²) in [5.74, 6) is -0.707. The van der Waals surface area contributed by atoms with E-state index in [4.69, 9.17) is 5.73 Å². The van der Waals surface area contributed by atoms with Crippen molar-refractivity contribution in [3.05, 3.63) is 52.4 Å². The lowest BCUT2D eigenvalue weighted by Crippen LogP contribution is -2.13. The molecule has 0 unspecified atom stereocenters. The first-order valence-corrected chi connectivity index (χ1v) is 5.83. The van der Waals surface area contributed by atoms with E-state index in [0.717, 1.165) is 23.5 Å². The van der Waals surface area contributed by atoms with Crippen molar-refractivity contribution in [3.8, 4) is 0 Å². The van der Waals surface area contributed by atoms with E-state index in [1.165, 1.54) is 18.2 Å². The van der Waals surface area contributed by atoms with Crippen LogP contribution in [-0.4, -0.2) is 5.78 Å². The molecule has 94 valence electrons. The Morgan fingerprint density at radius 1 is 1.11 bits per heavy atom. The predicted molar refractivity (Wildman–Crippen MR) is 63.6 cm³/mol. The second-order valence-corrected chi connectivity index (χ2v) is 4.52. The highest BCUT2D eigenvalue weighted by atomic mass is 32.1. The topological polar surface area (TPSA) is 43.1 Å². The number of anilines is 1. The maximum Gasteiger partial charge on any atom is 0.417 e. The second-order valence-electron chi connectivity index (χ2n) is 3.57. The lowest BCUT2D eigenvalue weighted by molar-refractivity contribution is -0.137. The fraction of sp³-hybridized carbons (Fsp3) is 0.0833. The Bertz CT molecular complexity index is 589.